The van der Waals surface area contributed by atoms with E-state index in [1.165, 1.54) is 0 Å². The van der Waals surface area contributed by atoms with Crippen LogP contribution in [0.15, 0.2) is 24.7 Å². The van der Waals surface area contributed by atoms with Crippen LogP contribution in [0, 0.1) is 6.92 Å². The molecule has 2 atom stereocenters. The van der Waals surface area contributed by atoms with Gasteiger partial charge in [0.25, 0.3) is 0 Å². The Kier molecular flexibility index (Phi) is 4.10. The van der Waals surface area contributed by atoms with Crippen LogP contribution in [-0.2, 0) is 11.8 Å². The van der Waals surface area contributed by atoms with Crippen LogP contribution >= 0.6 is 0 Å². The minimum absolute atomic E-state index is 0.00801. The molecule has 0 aliphatic carbocycles. The van der Waals surface area contributed by atoms with Crippen molar-refractivity contribution < 1.29 is 4.74 Å². The van der Waals surface area contributed by atoms with Gasteiger partial charge >= 0.3 is 0 Å². The van der Waals surface area contributed by atoms with Gasteiger partial charge in [-0.2, -0.15) is 4.52 Å². The minimum Gasteiger partial charge on any atom is -0.373 e. The number of ether oxygens (including phenoxy) is 1. The molecule has 0 unspecified atom stereocenters. The quantitative estimate of drug-likeness (QED) is 0.745. The van der Waals surface area contributed by atoms with E-state index in [2.05, 4.69) is 37.5 Å². The number of nitrogens with one attached hydrogen (secondary N) is 1. The Labute approximate surface area is 145 Å². The lowest BCUT2D eigenvalue weighted by Gasteiger charge is -2.39. The molecule has 0 saturated carbocycles. The number of hydrogen-bond donors (Lipinski definition) is 1. The highest BCUT2D eigenvalue weighted by Crippen LogP contribution is 2.28. The smallest absolute Gasteiger partial charge is 0.178 e. The first-order chi connectivity index (χ1) is 12.1. The number of aromatic nitrogens is 6. The van der Waals surface area contributed by atoms with Gasteiger partial charge in [0.15, 0.2) is 11.5 Å². The third-order valence-corrected chi connectivity index (χ3v) is 4.66. The Hall–Kier alpha value is -2.52. The van der Waals surface area contributed by atoms with E-state index in [0.717, 1.165) is 29.5 Å². The Balaban J connectivity index is 1.53. The van der Waals surface area contributed by atoms with Gasteiger partial charge < -0.3 is 14.6 Å². The van der Waals surface area contributed by atoms with Crippen LogP contribution in [0.1, 0.15) is 17.6 Å². The van der Waals surface area contributed by atoms with Crippen molar-refractivity contribution in [2.24, 2.45) is 7.05 Å². The molecule has 132 valence electrons. The molecular weight excluding hydrogens is 320 g/mol. The maximum Gasteiger partial charge on any atom is 0.178 e. The zero-order valence-corrected chi connectivity index (χ0v) is 14.6. The number of aryl methyl sites for hydroxylation is 2. The van der Waals surface area contributed by atoms with E-state index in [1.807, 2.05) is 43.2 Å². The Morgan fingerprint density at radius 3 is 2.96 bits per heavy atom. The predicted molar refractivity (Wildman–Crippen MR) is 92.3 cm³/mol. The van der Waals surface area contributed by atoms with Gasteiger partial charge in [-0.05, 0) is 26.1 Å². The number of morpholine rings is 1. The molecule has 4 heterocycles. The van der Waals surface area contributed by atoms with Gasteiger partial charge in [-0.25, -0.2) is 4.98 Å². The van der Waals surface area contributed by atoms with Crippen LogP contribution in [0.25, 0.3) is 5.65 Å². The van der Waals surface area contributed by atoms with E-state index in [0.29, 0.717) is 13.2 Å². The average Bonchev–Trinajstić information content (AvgIpc) is 3.19. The lowest BCUT2D eigenvalue weighted by molar-refractivity contribution is -0.0578. The van der Waals surface area contributed by atoms with Crippen molar-refractivity contribution >= 4 is 11.5 Å². The number of anilines is 1. The molecule has 0 radical (unpaired) electrons. The average molecular weight is 342 g/mol. The van der Waals surface area contributed by atoms with Gasteiger partial charge in [-0.15, -0.1) is 15.3 Å². The molecular formula is C16H22N8O. The van der Waals surface area contributed by atoms with Crippen LogP contribution in [0.2, 0.25) is 0 Å². The zero-order valence-electron chi connectivity index (χ0n) is 14.6. The van der Waals surface area contributed by atoms with Crippen molar-refractivity contribution in [3.63, 3.8) is 0 Å². The van der Waals surface area contributed by atoms with Crippen LogP contribution < -0.4 is 5.32 Å². The number of nitrogens with zero attached hydrogens (tertiary/aromatic N) is 7. The van der Waals surface area contributed by atoms with Crippen molar-refractivity contribution in [3.05, 3.63) is 36.2 Å². The molecule has 0 aromatic carbocycles. The van der Waals surface area contributed by atoms with Crippen LogP contribution in [0.3, 0.4) is 0 Å². The van der Waals surface area contributed by atoms with Crippen molar-refractivity contribution in [1.29, 1.82) is 0 Å². The SMILES string of the molecule is Cc1nnc2ccc(NC[C@@H]3OCCN(C)[C@H]3c3cncn3C)nn12. The van der Waals surface area contributed by atoms with Crippen LogP contribution in [-0.4, -0.2) is 67.1 Å². The number of rotatable bonds is 4. The van der Waals surface area contributed by atoms with Crippen molar-refractivity contribution in [2.45, 2.75) is 19.1 Å². The predicted octanol–water partition coefficient (Wildman–Crippen LogP) is 0.650. The van der Waals surface area contributed by atoms with Crippen LogP contribution in [0.5, 0.6) is 0 Å². The first-order valence-corrected chi connectivity index (χ1v) is 8.34. The zero-order chi connectivity index (χ0) is 17.4. The van der Waals surface area contributed by atoms with Gasteiger partial charge in [0.2, 0.25) is 0 Å². The second-order valence-electron chi connectivity index (χ2n) is 6.38. The van der Waals surface area contributed by atoms with Gasteiger partial charge in [0, 0.05) is 26.3 Å². The maximum atomic E-state index is 6.05. The third-order valence-electron chi connectivity index (χ3n) is 4.66. The van der Waals surface area contributed by atoms with E-state index >= 15 is 0 Å². The summed E-state index contributed by atoms with van der Waals surface area (Å²) in [6, 6.07) is 3.96. The third kappa shape index (κ3) is 2.96. The van der Waals surface area contributed by atoms with E-state index in [1.54, 1.807) is 4.52 Å². The summed E-state index contributed by atoms with van der Waals surface area (Å²) in [4.78, 5) is 6.57. The van der Waals surface area contributed by atoms with E-state index in [9.17, 15) is 0 Å². The molecule has 3 aromatic rings. The molecule has 9 nitrogen and oxygen atoms in total. The molecule has 1 fully saturated rings. The molecule has 9 heteroatoms. The highest BCUT2D eigenvalue weighted by molar-refractivity contribution is 5.43. The summed E-state index contributed by atoms with van der Waals surface area (Å²) in [6.07, 6.45) is 3.74. The highest BCUT2D eigenvalue weighted by atomic mass is 16.5. The maximum absolute atomic E-state index is 6.05. The fourth-order valence-electron chi connectivity index (χ4n) is 3.30. The summed E-state index contributed by atoms with van der Waals surface area (Å²) in [5, 5.41) is 16.0. The number of fused-ring (bicyclic) bond motifs is 1. The van der Waals surface area contributed by atoms with E-state index < -0.39 is 0 Å². The minimum atomic E-state index is 0.00801. The summed E-state index contributed by atoms with van der Waals surface area (Å²) < 4.78 is 9.83. The monoisotopic (exact) mass is 342 g/mol. The molecule has 1 N–H and O–H groups in total. The first kappa shape index (κ1) is 16.0. The lowest BCUT2D eigenvalue weighted by atomic mass is 10.0. The van der Waals surface area contributed by atoms with Crippen molar-refractivity contribution in [3.8, 4) is 0 Å². The number of likely N-dealkylation sites (N-methyl/N-ethyl adjacent to an activating group) is 1. The van der Waals surface area contributed by atoms with Gasteiger partial charge in [0.1, 0.15) is 5.82 Å². The Morgan fingerprint density at radius 2 is 2.16 bits per heavy atom. The second-order valence-corrected chi connectivity index (χ2v) is 6.38. The fraction of sp³-hybridized carbons (Fsp3) is 0.500. The van der Waals surface area contributed by atoms with Gasteiger partial charge in [0.05, 0.1) is 30.8 Å². The molecule has 0 amide bonds. The van der Waals surface area contributed by atoms with Crippen molar-refractivity contribution in [2.75, 3.05) is 32.1 Å². The first-order valence-electron chi connectivity index (χ1n) is 8.34. The molecule has 0 spiro atoms. The molecule has 0 bridgehead atoms. The second kappa shape index (κ2) is 6.41. The molecule has 1 aliphatic rings. The van der Waals surface area contributed by atoms with E-state index in [-0.39, 0.29) is 12.1 Å². The lowest BCUT2D eigenvalue weighted by Crippen LogP contribution is -2.46. The number of hydrogen-bond acceptors (Lipinski definition) is 7. The topological polar surface area (TPSA) is 85.4 Å². The summed E-state index contributed by atoms with van der Waals surface area (Å²) >= 11 is 0. The van der Waals surface area contributed by atoms with Gasteiger partial charge in [-0.1, -0.05) is 0 Å². The summed E-state index contributed by atoms with van der Waals surface area (Å²) in [7, 11) is 4.14. The molecule has 3 aromatic heterocycles. The molecule has 25 heavy (non-hydrogen) atoms. The highest BCUT2D eigenvalue weighted by Gasteiger charge is 2.33. The molecule has 1 aliphatic heterocycles. The summed E-state index contributed by atoms with van der Waals surface area (Å²) in [6.45, 7) is 4.15. The van der Waals surface area contributed by atoms with Gasteiger partial charge in [-0.3, -0.25) is 4.90 Å². The summed E-state index contributed by atoms with van der Waals surface area (Å²) in [5.74, 6) is 1.54. The molecule has 1 saturated heterocycles. The largest absolute Gasteiger partial charge is 0.373 e. The fourth-order valence-corrected chi connectivity index (χ4v) is 3.30. The van der Waals surface area contributed by atoms with E-state index in [4.69, 9.17) is 4.74 Å². The summed E-state index contributed by atoms with van der Waals surface area (Å²) in [5.41, 5.74) is 1.89. The Morgan fingerprint density at radius 1 is 1.28 bits per heavy atom. The normalized spacial score (nSPS) is 21.7. The Bertz CT molecular complexity index is 872. The standard InChI is InChI=1S/C16H22N8O/c1-11-19-20-15-5-4-14(21-24(11)15)18-9-13-16(22(2)6-7-25-13)12-8-17-10-23(12)3/h4-5,8,10,13,16H,6-7,9H2,1-3H3,(H,18,21)/t13-,16-/m0/s1. The van der Waals surface area contributed by atoms with Crippen LogP contribution in [0.4, 0.5) is 5.82 Å². The number of imidazole rings is 1. The molecule has 4 rings (SSSR count). The van der Waals surface area contributed by atoms with Crippen molar-refractivity contribution in [1.82, 2.24) is 34.3 Å².